The molecule has 0 N–H and O–H groups in total. The van der Waals surface area contributed by atoms with Gasteiger partial charge in [0.1, 0.15) is 5.75 Å². The normalized spacial score (nSPS) is 11.3. The predicted octanol–water partition coefficient (Wildman–Crippen LogP) is 4.88. The smallest absolute Gasteiger partial charge is 0.387 e. The zero-order chi connectivity index (χ0) is 19.5. The van der Waals surface area contributed by atoms with Gasteiger partial charge in [-0.25, -0.2) is 9.97 Å². The van der Waals surface area contributed by atoms with Crippen molar-refractivity contribution < 1.29 is 17.9 Å². The van der Waals surface area contributed by atoms with Gasteiger partial charge >= 0.3 is 6.61 Å². The lowest BCUT2D eigenvalue weighted by Crippen LogP contribution is -2.01. The number of aromatic nitrogens is 4. The van der Waals surface area contributed by atoms with Crippen molar-refractivity contribution in [1.82, 2.24) is 20.2 Å². The molecule has 9 heteroatoms. The van der Waals surface area contributed by atoms with Crippen LogP contribution in [0.5, 0.6) is 5.75 Å². The van der Waals surface area contributed by atoms with E-state index in [-0.39, 0.29) is 5.75 Å². The Hall–Kier alpha value is -3.07. The number of rotatable bonds is 6. The SMILES string of the molecule is Cc1nc2ccccc2nc1CSc1nnc(-c2ccc(OC(F)F)cc2)o1. The zero-order valence-corrected chi connectivity index (χ0v) is 15.5. The molecular formula is C19H14F2N4O2S. The van der Waals surface area contributed by atoms with Crippen LogP contribution >= 0.6 is 11.8 Å². The summed E-state index contributed by atoms with van der Waals surface area (Å²) in [7, 11) is 0. The number of alkyl halides is 2. The largest absolute Gasteiger partial charge is 0.435 e. The van der Waals surface area contributed by atoms with Crippen LogP contribution in [0.25, 0.3) is 22.5 Å². The zero-order valence-electron chi connectivity index (χ0n) is 14.7. The van der Waals surface area contributed by atoms with E-state index in [1.165, 1.54) is 23.9 Å². The Labute approximate surface area is 163 Å². The Morgan fingerprint density at radius 2 is 1.71 bits per heavy atom. The Kier molecular flexibility index (Phi) is 5.16. The van der Waals surface area contributed by atoms with Gasteiger partial charge in [0.15, 0.2) is 0 Å². The first-order chi connectivity index (χ1) is 13.6. The Morgan fingerprint density at radius 1 is 1.00 bits per heavy atom. The van der Waals surface area contributed by atoms with Gasteiger partial charge in [-0.15, -0.1) is 10.2 Å². The molecular weight excluding hydrogens is 386 g/mol. The maximum absolute atomic E-state index is 12.2. The third-order valence-corrected chi connectivity index (χ3v) is 4.74. The van der Waals surface area contributed by atoms with E-state index in [2.05, 4.69) is 24.9 Å². The van der Waals surface area contributed by atoms with Crippen molar-refractivity contribution in [2.24, 2.45) is 0 Å². The van der Waals surface area contributed by atoms with E-state index in [1.54, 1.807) is 12.1 Å². The summed E-state index contributed by atoms with van der Waals surface area (Å²) in [5, 5.41) is 8.40. The van der Waals surface area contributed by atoms with Crippen molar-refractivity contribution in [2.75, 3.05) is 0 Å². The average molecular weight is 400 g/mol. The molecule has 2 aromatic carbocycles. The van der Waals surface area contributed by atoms with Gasteiger partial charge < -0.3 is 9.15 Å². The Balaban J connectivity index is 1.46. The molecule has 0 saturated heterocycles. The number of hydrogen-bond acceptors (Lipinski definition) is 7. The van der Waals surface area contributed by atoms with Crippen molar-refractivity contribution in [3.8, 4) is 17.2 Å². The summed E-state index contributed by atoms with van der Waals surface area (Å²) >= 11 is 1.36. The first kappa shape index (κ1) is 18.3. The van der Waals surface area contributed by atoms with Crippen LogP contribution in [0.4, 0.5) is 8.78 Å². The number of nitrogens with zero attached hydrogens (tertiary/aromatic N) is 4. The molecule has 0 amide bonds. The molecule has 0 unspecified atom stereocenters. The number of fused-ring (bicyclic) bond motifs is 1. The van der Waals surface area contributed by atoms with Crippen molar-refractivity contribution in [3.05, 3.63) is 59.9 Å². The van der Waals surface area contributed by atoms with E-state index < -0.39 is 6.61 Å². The molecule has 0 spiro atoms. The Bertz CT molecular complexity index is 1100. The molecule has 28 heavy (non-hydrogen) atoms. The molecule has 0 fully saturated rings. The highest BCUT2D eigenvalue weighted by molar-refractivity contribution is 7.98. The van der Waals surface area contributed by atoms with Crippen molar-refractivity contribution in [2.45, 2.75) is 24.5 Å². The number of thioether (sulfide) groups is 1. The fourth-order valence-corrected chi connectivity index (χ4v) is 3.33. The van der Waals surface area contributed by atoms with Crippen LogP contribution in [0.1, 0.15) is 11.4 Å². The lowest BCUT2D eigenvalue weighted by molar-refractivity contribution is -0.0498. The number of hydrogen-bond donors (Lipinski definition) is 0. The van der Waals surface area contributed by atoms with E-state index in [0.29, 0.717) is 22.4 Å². The summed E-state index contributed by atoms with van der Waals surface area (Å²) in [6, 6.07) is 13.7. The highest BCUT2D eigenvalue weighted by Crippen LogP contribution is 2.27. The van der Waals surface area contributed by atoms with Gasteiger partial charge in [-0.3, -0.25) is 0 Å². The minimum atomic E-state index is -2.86. The number of benzene rings is 2. The van der Waals surface area contributed by atoms with Crippen molar-refractivity contribution >= 4 is 22.8 Å². The van der Waals surface area contributed by atoms with Crippen LogP contribution in [-0.4, -0.2) is 26.8 Å². The van der Waals surface area contributed by atoms with Crippen LogP contribution in [-0.2, 0) is 5.75 Å². The van der Waals surface area contributed by atoms with Gasteiger partial charge in [-0.1, -0.05) is 23.9 Å². The highest BCUT2D eigenvalue weighted by Gasteiger charge is 2.12. The first-order valence-corrected chi connectivity index (χ1v) is 9.31. The molecule has 2 aromatic heterocycles. The van der Waals surface area contributed by atoms with Gasteiger partial charge in [-0.2, -0.15) is 8.78 Å². The summed E-state index contributed by atoms with van der Waals surface area (Å²) in [6.07, 6.45) is 0. The van der Waals surface area contributed by atoms with Gasteiger partial charge in [0.25, 0.3) is 5.22 Å². The van der Waals surface area contributed by atoms with Crippen molar-refractivity contribution in [1.29, 1.82) is 0 Å². The molecule has 0 atom stereocenters. The topological polar surface area (TPSA) is 73.9 Å². The number of para-hydroxylation sites is 2. The van der Waals surface area contributed by atoms with Crippen molar-refractivity contribution in [3.63, 3.8) is 0 Å². The summed E-state index contributed by atoms with van der Waals surface area (Å²) in [6.45, 7) is -0.948. The first-order valence-electron chi connectivity index (χ1n) is 8.32. The minimum Gasteiger partial charge on any atom is -0.435 e. The van der Waals surface area contributed by atoms with E-state index in [9.17, 15) is 8.78 Å². The molecule has 4 aromatic rings. The molecule has 6 nitrogen and oxygen atoms in total. The van der Waals surface area contributed by atoms with E-state index in [4.69, 9.17) is 4.42 Å². The molecule has 0 radical (unpaired) electrons. The van der Waals surface area contributed by atoms with Crippen LogP contribution in [0.2, 0.25) is 0 Å². The van der Waals surface area contributed by atoms with Gasteiger partial charge in [-0.05, 0) is 43.3 Å². The van der Waals surface area contributed by atoms with E-state index >= 15 is 0 Å². The third kappa shape index (κ3) is 4.09. The lowest BCUT2D eigenvalue weighted by Gasteiger charge is -2.05. The van der Waals surface area contributed by atoms with Crippen LogP contribution < -0.4 is 4.74 Å². The molecule has 2 heterocycles. The van der Waals surface area contributed by atoms with Gasteiger partial charge in [0, 0.05) is 11.3 Å². The molecule has 0 saturated carbocycles. The molecule has 0 aliphatic heterocycles. The second-order valence-electron chi connectivity index (χ2n) is 5.81. The molecule has 142 valence electrons. The lowest BCUT2D eigenvalue weighted by atomic mass is 10.2. The maximum atomic E-state index is 12.2. The summed E-state index contributed by atoms with van der Waals surface area (Å²) < 4.78 is 34.4. The molecule has 0 aliphatic carbocycles. The summed E-state index contributed by atoms with van der Waals surface area (Å²) in [5.74, 6) is 0.901. The fourth-order valence-electron chi connectivity index (χ4n) is 2.56. The number of halogens is 2. The number of ether oxygens (including phenoxy) is 1. The third-order valence-electron chi connectivity index (χ3n) is 3.91. The molecule has 0 aliphatic rings. The molecule has 4 rings (SSSR count). The average Bonchev–Trinajstić information content (AvgIpc) is 3.15. The van der Waals surface area contributed by atoms with Crippen LogP contribution in [0.3, 0.4) is 0 Å². The van der Waals surface area contributed by atoms with E-state index in [0.717, 1.165) is 22.4 Å². The van der Waals surface area contributed by atoms with Gasteiger partial charge in [0.2, 0.25) is 5.89 Å². The van der Waals surface area contributed by atoms with Crippen LogP contribution in [0, 0.1) is 6.92 Å². The molecule has 0 bridgehead atoms. The number of aryl methyl sites for hydroxylation is 1. The summed E-state index contributed by atoms with van der Waals surface area (Å²) in [4.78, 5) is 9.20. The predicted molar refractivity (Wildman–Crippen MR) is 100 cm³/mol. The quantitative estimate of drug-likeness (QED) is 0.427. The second-order valence-corrected chi connectivity index (χ2v) is 6.74. The monoisotopic (exact) mass is 400 g/mol. The maximum Gasteiger partial charge on any atom is 0.387 e. The van der Waals surface area contributed by atoms with E-state index in [1.807, 2.05) is 31.2 Å². The minimum absolute atomic E-state index is 0.0678. The second kappa shape index (κ2) is 7.89. The standard InChI is InChI=1S/C19H14F2N4O2S/c1-11-16(23-15-5-3-2-4-14(15)22-11)10-28-19-25-24-17(27-19)12-6-8-13(9-7-12)26-18(20)21/h2-9,18H,10H2,1H3. The van der Waals surface area contributed by atoms with Gasteiger partial charge in [0.05, 0.1) is 22.4 Å². The fraction of sp³-hybridized carbons (Fsp3) is 0.158. The summed E-state index contributed by atoms with van der Waals surface area (Å²) in [5.41, 5.74) is 3.99. The van der Waals surface area contributed by atoms with Crippen LogP contribution in [0.15, 0.2) is 58.2 Å². The Morgan fingerprint density at radius 3 is 2.43 bits per heavy atom. The highest BCUT2D eigenvalue weighted by atomic mass is 32.2.